The summed E-state index contributed by atoms with van der Waals surface area (Å²) in [6.07, 6.45) is 0. The standard InChI is InChI=1S/C31H26N2O7S2/c1-3-39-30(36)18-9-12-20(13-10-18)33-28(34)24-23(25-27(32-31(37)42-25)41-26(24)29(33)35)19-11-14-21(22(15-19)38-2)40-16-17-7-5-4-6-8-17/h4-15,23-24,26H,3,16H2,1-2H3,(H,32,37)/t23-,24-,26+/m0/s1. The average molecular weight is 603 g/mol. The molecule has 6 rings (SSSR count). The van der Waals surface area contributed by atoms with Crippen molar-refractivity contribution < 1.29 is 28.6 Å². The molecule has 1 aromatic heterocycles. The van der Waals surface area contributed by atoms with Crippen LogP contribution in [0.25, 0.3) is 0 Å². The van der Waals surface area contributed by atoms with E-state index < -0.39 is 23.1 Å². The summed E-state index contributed by atoms with van der Waals surface area (Å²) in [5.74, 6) is -1.54. The lowest BCUT2D eigenvalue weighted by molar-refractivity contribution is -0.122. The number of nitrogens with one attached hydrogen (secondary N) is 1. The lowest BCUT2D eigenvalue weighted by Gasteiger charge is -2.30. The maximum absolute atomic E-state index is 14.0. The molecule has 0 aliphatic carbocycles. The molecular formula is C31H26N2O7S2. The summed E-state index contributed by atoms with van der Waals surface area (Å²) in [7, 11) is 1.54. The Morgan fingerprint density at radius 3 is 2.43 bits per heavy atom. The second kappa shape index (κ2) is 11.5. The van der Waals surface area contributed by atoms with E-state index in [9.17, 15) is 19.2 Å². The molecule has 42 heavy (non-hydrogen) atoms. The summed E-state index contributed by atoms with van der Waals surface area (Å²) >= 11 is 2.24. The Morgan fingerprint density at radius 1 is 0.952 bits per heavy atom. The van der Waals surface area contributed by atoms with Crippen LogP contribution in [0, 0.1) is 5.92 Å². The number of imide groups is 1. The van der Waals surface area contributed by atoms with Crippen molar-refractivity contribution in [1.82, 2.24) is 4.98 Å². The minimum atomic E-state index is -0.757. The third-order valence-corrected chi connectivity index (χ3v) is 9.65. The normalized spacial score (nSPS) is 19.3. The Labute approximate surface area is 249 Å². The first-order valence-electron chi connectivity index (χ1n) is 13.3. The lowest BCUT2D eigenvalue weighted by Crippen LogP contribution is -2.32. The molecule has 4 aromatic rings. The summed E-state index contributed by atoms with van der Waals surface area (Å²) < 4.78 is 16.7. The van der Waals surface area contributed by atoms with Crippen molar-refractivity contribution >= 4 is 46.6 Å². The number of carbonyl (C=O) groups excluding carboxylic acids is 3. The summed E-state index contributed by atoms with van der Waals surface area (Å²) in [5, 5.41) is -0.162. The number of ether oxygens (including phenoxy) is 3. The second-order valence-corrected chi connectivity index (χ2v) is 11.9. The van der Waals surface area contributed by atoms with Crippen LogP contribution in [-0.2, 0) is 20.9 Å². The molecule has 11 heteroatoms. The number of aromatic nitrogens is 1. The van der Waals surface area contributed by atoms with E-state index in [2.05, 4.69) is 4.98 Å². The summed E-state index contributed by atoms with van der Waals surface area (Å²) in [5.41, 5.74) is 2.42. The van der Waals surface area contributed by atoms with Crippen LogP contribution in [0.4, 0.5) is 5.69 Å². The summed E-state index contributed by atoms with van der Waals surface area (Å²) in [6, 6.07) is 21.4. The van der Waals surface area contributed by atoms with Gasteiger partial charge in [0, 0.05) is 10.8 Å². The molecule has 2 amide bonds. The number of carbonyl (C=O) groups is 3. The van der Waals surface area contributed by atoms with Gasteiger partial charge in [-0.1, -0.05) is 59.5 Å². The molecule has 0 radical (unpaired) electrons. The van der Waals surface area contributed by atoms with Crippen LogP contribution in [0.3, 0.4) is 0 Å². The molecule has 1 fully saturated rings. The molecular weight excluding hydrogens is 576 g/mol. The number of aromatic amines is 1. The molecule has 214 valence electrons. The number of nitrogens with zero attached hydrogens (tertiary/aromatic N) is 1. The molecule has 0 bridgehead atoms. The van der Waals surface area contributed by atoms with E-state index in [1.54, 1.807) is 38.3 Å². The number of methoxy groups -OCH3 is 1. The van der Waals surface area contributed by atoms with Gasteiger partial charge in [0.2, 0.25) is 11.8 Å². The Balaban J connectivity index is 1.34. The predicted octanol–water partition coefficient (Wildman–Crippen LogP) is 5.00. The molecule has 0 saturated carbocycles. The number of rotatable bonds is 8. The van der Waals surface area contributed by atoms with E-state index in [-0.39, 0.29) is 23.3 Å². The number of hydrogen-bond acceptors (Lipinski definition) is 9. The van der Waals surface area contributed by atoms with Crippen molar-refractivity contribution in [2.45, 2.75) is 29.7 Å². The zero-order valence-electron chi connectivity index (χ0n) is 22.7. The largest absolute Gasteiger partial charge is 0.493 e. The molecule has 2 aliphatic rings. The van der Waals surface area contributed by atoms with Gasteiger partial charge in [-0.15, -0.1) is 0 Å². The van der Waals surface area contributed by atoms with Crippen molar-refractivity contribution in [2.75, 3.05) is 18.6 Å². The number of fused-ring (bicyclic) bond motifs is 2. The first kappa shape index (κ1) is 27.8. The zero-order chi connectivity index (χ0) is 29.4. The summed E-state index contributed by atoms with van der Waals surface area (Å²) in [6.45, 7) is 2.31. The molecule has 1 N–H and O–H groups in total. The second-order valence-electron chi connectivity index (χ2n) is 9.71. The fourth-order valence-corrected chi connectivity index (χ4v) is 7.84. The number of anilines is 1. The third-order valence-electron chi connectivity index (χ3n) is 7.24. The Morgan fingerprint density at radius 2 is 1.71 bits per heavy atom. The molecule has 2 aliphatic heterocycles. The van der Waals surface area contributed by atoms with Crippen LogP contribution in [0.1, 0.15) is 39.2 Å². The van der Waals surface area contributed by atoms with E-state index in [0.29, 0.717) is 39.3 Å². The van der Waals surface area contributed by atoms with Crippen molar-refractivity contribution in [3.8, 4) is 11.5 Å². The quantitative estimate of drug-likeness (QED) is 0.222. The molecule has 9 nitrogen and oxygen atoms in total. The van der Waals surface area contributed by atoms with Crippen molar-refractivity contribution in [1.29, 1.82) is 0 Å². The van der Waals surface area contributed by atoms with Crippen molar-refractivity contribution in [3.63, 3.8) is 0 Å². The first-order valence-corrected chi connectivity index (χ1v) is 15.0. The van der Waals surface area contributed by atoms with Crippen molar-refractivity contribution in [2.24, 2.45) is 5.92 Å². The van der Waals surface area contributed by atoms with Gasteiger partial charge in [-0.05, 0) is 54.4 Å². The van der Waals surface area contributed by atoms with Gasteiger partial charge < -0.3 is 19.2 Å². The van der Waals surface area contributed by atoms with E-state index in [0.717, 1.165) is 22.5 Å². The lowest BCUT2D eigenvalue weighted by atomic mass is 9.83. The highest BCUT2D eigenvalue weighted by Gasteiger charge is 2.56. The first-order chi connectivity index (χ1) is 20.4. The smallest absolute Gasteiger partial charge is 0.338 e. The van der Waals surface area contributed by atoms with Crippen LogP contribution >= 0.6 is 23.1 Å². The van der Waals surface area contributed by atoms with Gasteiger partial charge in [0.05, 0.1) is 35.9 Å². The zero-order valence-corrected chi connectivity index (χ0v) is 24.3. The highest BCUT2D eigenvalue weighted by Crippen LogP contribution is 2.53. The van der Waals surface area contributed by atoms with Gasteiger partial charge in [-0.2, -0.15) is 0 Å². The molecule has 3 atom stereocenters. The van der Waals surface area contributed by atoms with Crippen LogP contribution in [0.15, 0.2) is 82.6 Å². The number of thiazole rings is 1. The van der Waals surface area contributed by atoms with Crippen LogP contribution < -0.4 is 19.2 Å². The fourth-order valence-electron chi connectivity index (χ4n) is 5.32. The van der Waals surface area contributed by atoms with Gasteiger partial charge in [0.15, 0.2) is 11.5 Å². The van der Waals surface area contributed by atoms with Gasteiger partial charge in [0.1, 0.15) is 11.9 Å². The van der Waals surface area contributed by atoms with Gasteiger partial charge in [-0.3, -0.25) is 14.4 Å². The molecule has 3 aromatic carbocycles. The van der Waals surface area contributed by atoms with E-state index >= 15 is 0 Å². The van der Waals surface area contributed by atoms with Crippen molar-refractivity contribution in [3.05, 3.63) is 104 Å². The average Bonchev–Trinajstić information content (AvgIpc) is 3.50. The number of H-pyrrole nitrogens is 1. The number of thioether (sulfide) groups is 1. The van der Waals surface area contributed by atoms with Crippen LogP contribution in [-0.4, -0.2) is 41.7 Å². The Kier molecular flexibility index (Phi) is 7.61. The fraction of sp³-hybridized carbons (Fsp3) is 0.226. The van der Waals surface area contributed by atoms with Crippen LogP contribution in [0.2, 0.25) is 0 Å². The van der Waals surface area contributed by atoms with E-state index in [1.165, 1.54) is 28.8 Å². The Bertz CT molecular complexity index is 1720. The SMILES string of the molecule is CCOC(=O)c1ccc(N2C(=O)[C@H]3[C@H](c4ccc(OCc5ccccc5)c(OC)c4)c4sc(=O)[nH]c4S[C@H]3C2=O)cc1. The summed E-state index contributed by atoms with van der Waals surface area (Å²) in [4.78, 5) is 56.7. The molecule has 0 spiro atoms. The van der Waals surface area contributed by atoms with E-state index in [1.807, 2.05) is 36.4 Å². The monoisotopic (exact) mass is 602 g/mol. The number of esters is 1. The molecule has 1 saturated heterocycles. The van der Waals surface area contributed by atoms with Crippen LogP contribution in [0.5, 0.6) is 11.5 Å². The maximum Gasteiger partial charge on any atom is 0.338 e. The number of benzene rings is 3. The predicted molar refractivity (Wildman–Crippen MR) is 159 cm³/mol. The maximum atomic E-state index is 14.0. The van der Waals surface area contributed by atoms with Gasteiger partial charge >= 0.3 is 10.8 Å². The number of amides is 2. The van der Waals surface area contributed by atoms with Gasteiger partial charge in [-0.25, -0.2) is 9.69 Å². The highest BCUT2D eigenvalue weighted by atomic mass is 32.2. The number of hydrogen-bond donors (Lipinski definition) is 1. The minimum Gasteiger partial charge on any atom is -0.493 e. The third kappa shape index (κ3) is 4.99. The van der Waals surface area contributed by atoms with E-state index in [4.69, 9.17) is 14.2 Å². The Hall–Kier alpha value is -4.35. The topological polar surface area (TPSA) is 115 Å². The molecule has 0 unspecified atom stereocenters. The molecule has 3 heterocycles. The minimum absolute atomic E-state index is 0.239. The highest BCUT2D eigenvalue weighted by molar-refractivity contribution is 8.00. The van der Waals surface area contributed by atoms with Gasteiger partial charge in [0.25, 0.3) is 0 Å².